The van der Waals surface area contributed by atoms with Crippen molar-refractivity contribution in [3.63, 3.8) is 0 Å². The first-order valence-corrected chi connectivity index (χ1v) is 8.03. The Bertz CT molecular complexity index is 328. The summed E-state index contributed by atoms with van der Waals surface area (Å²) in [6, 6.07) is 8.31. The van der Waals surface area contributed by atoms with Gasteiger partial charge in [0.1, 0.15) is 5.75 Å². The summed E-state index contributed by atoms with van der Waals surface area (Å²) in [5, 5.41) is 3.46. The van der Waals surface area contributed by atoms with Crippen LogP contribution in [0.25, 0.3) is 0 Å². The van der Waals surface area contributed by atoms with Crippen molar-refractivity contribution in [3.8, 4) is 5.75 Å². The molecule has 0 fully saturated rings. The minimum atomic E-state index is 0.680. The number of nitrogens with one attached hydrogen (secondary N) is 1. The topological polar surface area (TPSA) is 21.3 Å². The molecular weight excluding hydrogens is 242 g/mol. The molecule has 0 radical (unpaired) electrons. The third-order valence-electron chi connectivity index (χ3n) is 2.59. The Morgan fingerprint density at radius 2 is 2.06 bits per heavy atom. The highest BCUT2D eigenvalue weighted by Gasteiger charge is 2.02. The van der Waals surface area contributed by atoms with Crippen molar-refractivity contribution in [2.45, 2.75) is 26.8 Å². The smallest absolute Gasteiger partial charge is 0.123 e. The fraction of sp³-hybridized carbons (Fsp3) is 0.600. The van der Waals surface area contributed by atoms with E-state index in [9.17, 15) is 0 Å². The van der Waals surface area contributed by atoms with E-state index in [1.165, 1.54) is 5.56 Å². The summed E-state index contributed by atoms with van der Waals surface area (Å²) in [6.07, 6.45) is 3.23. The van der Waals surface area contributed by atoms with Crippen molar-refractivity contribution in [3.05, 3.63) is 29.8 Å². The molecule has 0 bridgehead atoms. The van der Waals surface area contributed by atoms with E-state index in [0.29, 0.717) is 5.92 Å². The predicted molar refractivity (Wildman–Crippen MR) is 81.5 cm³/mol. The van der Waals surface area contributed by atoms with Crippen molar-refractivity contribution in [2.24, 2.45) is 5.92 Å². The highest BCUT2D eigenvalue weighted by molar-refractivity contribution is 7.98. The molecule has 0 aliphatic rings. The molecule has 3 heteroatoms. The van der Waals surface area contributed by atoms with Crippen molar-refractivity contribution >= 4 is 11.8 Å². The number of rotatable bonds is 9. The molecule has 0 atom stereocenters. The van der Waals surface area contributed by atoms with Crippen LogP contribution in [-0.2, 0) is 6.54 Å². The molecule has 1 rings (SSSR count). The van der Waals surface area contributed by atoms with E-state index in [1.807, 2.05) is 17.8 Å². The van der Waals surface area contributed by atoms with Crippen LogP contribution in [0.2, 0.25) is 0 Å². The maximum atomic E-state index is 5.84. The fourth-order valence-electron chi connectivity index (χ4n) is 1.67. The summed E-state index contributed by atoms with van der Waals surface area (Å²) in [6.45, 7) is 7.18. The lowest BCUT2D eigenvalue weighted by molar-refractivity contribution is 0.314. The van der Waals surface area contributed by atoms with Crippen LogP contribution in [0.15, 0.2) is 24.3 Å². The normalized spacial score (nSPS) is 10.9. The number of para-hydroxylation sites is 1. The first kappa shape index (κ1) is 15.4. The highest BCUT2D eigenvalue weighted by atomic mass is 32.2. The Morgan fingerprint density at radius 1 is 1.28 bits per heavy atom. The number of hydrogen-bond acceptors (Lipinski definition) is 3. The summed E-state index contributed by atoms with van der Waals surface area (Å²) in [5.41, 5.74) is 1.25. The second-order valence-electron chi connectivity index (χ2n) is 4.83. The molecule has 18 heavy (non-hydrogen) atoms. The fourth-order valence-corrected chi connectivity index (χ4v) is 2.08. The Kier molecular flexibility index (Phi) is 7.94. The minimum absolute atomic E-state index is 0.680. The molecular formula is C15H25NOS. The van der Waals surface area contributed by atoms with Gasteiger partial charge in [-0.3, -0.25) is 0 Å². The first-order valence-electron chi connectivity index (χ1n) is 6.64. The molecule has 1 N–H and O–H groups in total. The Hall–Kier alpha value is -0.670. The van der Waals surface area contributed by atoms with E-state index in [2.05, 4.69) is 43.6 Å². The van der Waals surface area contributed by atoms with E-state index in [-0.39, 0.29) is 0 Å². The molecule has 0 saturated carbocycles. The van der Waals surface area contributed by atoms with Crippen molar-refractivity contribution < 1.29 is 4.74 Å². The first-order chi connectivity index (χ1) is 8.74. The minimum Gasteiger partial charge on any atom is -0.493 e. The van der Waals surface area contributed by atoms with E-state index < -0.39 is 0 Å². The molecule has 0 spiro atoms. The summed E-state index contributed by atoms with van der Waals surface area (Å²) in [4.78, 5) is 0. The molecule has 0 heterocycles. The lowest BCUT2D eigenvalue weighted by atomic mass is 10.2. The molecule has 0 unspecified atom stereocenters. The molecule has 0 saturated heterocycles. The van der Waals surface area contributed by atoms with Gasteiger partial charge in [0.15, 0.2) is 0 Å². The van der Waals surface area contributed by atoms with Gasteiger partial charge in [0.05, 0.1) is 6.61 Å². The second kappa shape index (κ2) is 9.29. The summed E-state index contributed by atoms with van der Waals surface area (Å²) in [7, 11) is 0. The van der Waals surface area contributed by atoms with Crippen LogP contribution < -0.4 is 10.1 Å². The molecule has 0 aliphatic carbocycles. The van der Waals surface area contributed by atoms with Crippen LogP contribution in [0, 0.1) is 5.92 Å². The van der Waals surface area contributed by atoms with Gasteiger partial charge in [-0.05, 0) is 37.0 Å². The molecule has 2 nitrogen and oxygen atoms in total. The number of benzene rings is 1. The lowest BCUT2D eigenvalue weighted by Crippen LogP contribution is -2.19. The van der Waals surface area contributed by atoms with E-state index in [4.69, 9.17) is 4.74 Å². The highest BCUT2D eigenvalue weighted by Crippen LogP contribution is 2.18. The zero-order valence-electron chi connectivity index (χ0n) is 11.7. The summed E-state index contributed by atoms with van der Waals surface area (Å²) in [5.74, 6) is 2.86. The molecule has 0 amide bonds. The van der Waals surface area contributed by atoms with Crippen LogP contribution in [0.3, 0.4) is 0 Å². The van der Waals surface area contributed by atoms with Crippen LogP contribution in [-0.4, -0.2) is 25.2 Å². The van der Waals surface area contributed by atoms with E-state index in [0.717, 1.165) is 37.6 Å². The molecule has 0 aromatic heterocycles. The third-order valence-corrected chi connectivity index (χ3v) is 3.29. The lowest BCUT2D eigenvalue weighted by Gasteiger charge is -2.13. The van der Waals surface area contributed by atoms with Gasteiger partial charge in [-0.1, -0.05) is 32.0 Å². The van der Waals surface area contributed by atoms with E-state index in [1.54, 1.807) is 0 Å². The predicted octanol–water partition coefficient (Wildman–Crippen LogP) is 3.56. The van der Waals surface area contributed by atoms with Crippen molar-refractivity contribution in [1.82, 2.24) is 5.32 Å². The largest absolute Gasteiger partial charge is 0.493 e. The molecule has 0 aliphatic heterocycles. The average Bonchev–Trinajstić information content (AvgIpc) is 2.36. The molecule has 1 aromatic rings. The van der Waals surface area contributed by atoms with Crippen LogP contribution >= 0.6 is 11.8 Å². The number of ether oxygens (including phenoxy) is 1. The van der Waals surface area contributed by atoms with Gasteiger partial charge in [-0.15, -0.1) is 0 Å². The van der Waals surface area contributed by atoms with Gasteiger partial charge in [-0.2, -0.15) is 11.8 Å². The number of thioether (sulfide) groups is 1. The van der Waals surface area contributed by atoms with Crippen molar-refractivity contribution in [2.75, 3.05) is 25.2 Å². The molecule has 102 valence electrons. The maximum absolute atomic E-state index is 5.84. The average molecular weight is 267 g/mol. The molecule has 1 aromatic carbocycles. The van der Waals surface area contributed by atoms with Crippen LogP contribution in [0.1, 0.15) is 25.8 Å². The Morgan fingerprint density at radius 3 is 2.78 bits per heavy atom. The van der Waals surface area contributed by atoms with Crippen LogP contribution in [0.5, 0.6) is 5.75 Å². The quantitative estimate of drug-likeness (QED) is 0.691. The van der Waals surface area contributed by atoms with Gasteiger partial charge in [0, 0.05) is 12.1 Å². The van der Waals surface area contributed by atoms with Gasteiger partial charge in [0.25, 0.3) is 0 Å². The zero-order valence-corrected chi connectivity index (χ0v) is 12.6. The second-order valence-corrected chi connectivity index (χ2v) is 5.81. The zero-order chi connectivity index (χ0) is 13.2. The Balaban J connectivity index is 2.40. The number of hydrogen-bond donors (Lipinski definition) is 1. The van der Waals surface area contributed by atoms with Gasteiger partial charge in [0.2, 0.25) is 0 Å². The van der Waals surface area contributed by atoms with Gasteiger partial charge in [-0.25, -0.2) is 0 Å². The van der Waals surface area contributed by atoms with Crippen LogP contribution in [0.4, 0.5) is 0 Å². The summed E-state index contributed by atoms with van der Waals surface area (Å²) < 4.78 is 5.84. The van der Waals surface area contributed by atoms with E-state index >= 15 is 0 Å². The van der Waals surface area contributed by atoms with Gasteiger partial charge >= 0.3 is 0 Å². The Labute approximate surface area is 116 Å². The maximum Gasteiger partial charge on any atom is 0.123 e. The standard InChI is InChI=1S/C15H25NOS/c1-13(2)11-16-12-14-7-4-5-8-15(14)17-9-6-10-18-3/h4-5,7-8,13,16H,6,9-12H2,1-3H3. The SMILES string of the molecule is CSCCCOc1ccccc1CNCC(C)C. The van der Waals surface area contributed by atoms with Crippen molar-refractivity contribution in [1.29, 1.82) is 0 Å². The van der Waals surface area contributed by atoms with Gasteiger partial charge < -0.3 is 10.1 Å². The summed E-state index contributed by atoms with van der Waals surface area (Å²) >= 11 is 1.87. The third kappa shape index (κ3) is 6.31. The monoisotopic (exact) mass is 267 g/mol.